The zero-order chi connectivity index (χ0) is 19.9. The van der Waals surface area contributed by atoms with Crippen molar-refractivity contribution < 1.29 is 9.53 Å². The number of ether oxygens (including phenoxy) is 1. The van der Waals surface area contributed by atoms with Crippen LogP contribution in [0.5, 0.6) is 0 Å². The summed E-state index contributed by atoms with van der Waals surface area (Å²) in [6, 6.07) is 15.5. The molecule has 2 amide bonds. The minimum atomic E-state index is -0.0516. The van der Waals surface area contributed by atoms with Crippen LogP contribution in [-0.4, -0.2) is 55.2 Å². The van der Waals surface area contributed by atoms with Crippen LogP contribution in [0.2, 0.25) is 10.0 Å². The first-order valence-corrected chi connectivity index (χ1v) is 10.1. The molecule has 150 valence electrons. The summed E-state index contributed by atoms with van der Waals surface area (Å²) in [7, 11) is 2.03. The summed E-state index contributed by atoms with van der Waals surface area (Å²) in [5.74, 6) is 0. The number of urea groups is 1. The normalized spacial score (nSPS) is 17.0. The fourth-order valence-corrected chi connectivity index (χ4v) is 3.58. The van der Waals surface area contributed by atoms with Crippen LogP contribution in [-0.2, 0) is 17.8 Å². The second-order valence-corrected chi connectivity index (χ2v) is 7.84. The molecule has 0 aliphatic carbocycles. The van der Waals surface area contributed by atoms with E-state index in [1.54, 1.807) is 0 Å². The zero-order valence-electron chi connectivity index (χ0n) is 15.9. The predicted octanol–water partition coefficient (Wildman–Crippen LogP) is 4.04. The van der Waals surface area contributed by atoms with Gasteiger partial charge in [0.25, 0.3) is 0 Å². The summed E-state index contributed by atoms with van der Waals surface area (Å²) in [6.45, 7) is 3.71. The van der Waals surface area contributed by atoms with Crippen LogP contribution < -0.4 is 5.32 Å². The fourth-order valence-electron chi connectivity index (χ4n) is 3.26. The van der Waals surface area contributed by atoms with E-state index < -0.39 is 0 Å². The van der Waals surface area contributed by atoms with Gasteiger partial charge in [0.1, 0.15) is 0 Å². The van der Waals surface area contributed by atoms with E-state index in [2.05, 4.69) is 10.2 Å². The molecular formula is C21H25Cl2N3O2. The third kappa shape index (κ3) is 6.11. The number of halogens is 2. The van der Waals surface area contributed by atoms with Crippen LogP contribution in [0.15, 0.2) is 48.5 Å². The molecule has 1 aliphatic heterocycles. The number of carbonyl (C=O) groups excluding carboxylic acids is 1. The van der Waals surface area contributed by atoms with Gasteiger partial charge in [-0.15, -0.1) is 0 Å². The first-order valence-electron chi connectivity index (χ1n) is 9.32. The number of hydrogen-bond donors (Lipinski definition) is 1. The van der Waals surface area contributed by atoms with Crippen LogP contribution in [0.1, 0.15) is 11.1 Å². The minimum absolute atomic E-state index is 0.0241. The van der Waals surface area contributed by atoms with E-state index in [0.717, 1.165) is 24.2 Å². The van der Waals surface area contributed by atoms with Gasteiger partial charge in [0.2, 0.25) is 0 Å². The third-order valence-electron chi connectivity index (χ3n) is 4.66. The Morgan fingerprint density at radius 1 is 1.18 bits per heavy atom. The summed E-state index contributed by atoms with van der Waals surface area (Å²) < 4.78 is 5.86. The number of hydrogen-bond acceptors (Lipinski definition) is 3. The molecule has 3 rings (SSSR count). The number of benzene rings is 2. The maximum Gasteiger partial charge on any atom is 0.317 e. The molecule has 1 aliphatic rings. The van der Waals surface area contributed by atoms with Gasteiger partial charge in [-0.25, -0.2) is 4.79 Å². The molecule has 0 saturated carbocycles. The van der Waals surface area contributed by atoms with Crippen molar-refractivity contribution in [1.29, 1.82) is 0 Å². The van der Waals surface area contributed by atoms with Crippen LogP contribution in [0.25, 0.3) is 0 Å². The van der Waals surface area contributed by atoms with Gasteiger partial charge in [0, 0.05) is 32.7 Å². The number of carbonyl (C=O) groups is 1. The van der Waals surface area contributed by atoms with Crippen LogP contribution in [0, 0.1) is 0 Å². The molecule has 0 spiro atoms. The summed E-state index contributed by atoms with van der Waals surface area (Å²) in [6.07, 6.45) is -0.0241. The van der Waals surface area contributed by atoms with Crippen molar-refractivity contribution in [2.24, 2.45) is 0 Å². The molecular weight excluding hydrogens is 397 g/mol. The number of nitrogens with zero attached hydrogens (tertiary/aromatic N) is 2. The Balaban J connectivity index is 1.47. The highest BCUT2D eigenvalue weighted by molar-refractivity contribution is 6.42. The van der Waals surface area contributed by atoms with Crippen molar-refractivity contribution in [2.45, 2.75) is 19.2 Å². The van der Waals surface area contributed by atoms with Crippen molar-refractivity contribution in [2.75, 3.05) is 33.3 Å². The van der Waals surface area contributed by atoms with E-state index in [1.807, 2.05) is 60.5 Å². The maximum atomic E-state index is 12.5. The standard InChI is InChI=1S/C21H25Cl2N3O2/c1-25(13-17-7-8-19(22)20(23)11-17)14-18-15-26(9-10-28-18)21(27)24-12-16-5-3-2-4-6-16/h2-8,11,18H,9-10,12-15H2,1H3,(H,24,27). The molecule has 1 N–H and O–H groups in total. The van der Waals surface area contributed by atoms with E-state index >= 15 is 0 Å². The number of morpholine rings is 1. The lowest BCUT2D eigenvalue weighted by Gasteiger charge is -2.35. The van der Waals surface area contributed by atoms with E-state index in [9.17, 15) is 4.79 Å². The van der Waals surface area contributed by atoms with Gasteiger partial charge in [-0.05, 0) is 30.3 Å². The van der Waals surface area contributed by atoms with Crippen LogP contribution in [0.4, 0.5) is 4.79 Å². The van der Waals surface area contributed by atoms with E-state index in [1.165, 1.54) is 0 Å². The lowest BCUT2D eigenvalue weighted by molar-refractivity contribution is -0.0282. The second kappa shape index (κ2) is 10.1. The summed E-state index contributed by atoms with van der Waals surface area (Å²) in [4.78, 5) is 16.5. The van der Waals surface area contributed by atoms with Crippen LogP contribution >= 0.6 is 23.2 Å². The van der Waals surface area contributed by atoms with Crippen LogP contribution in [0.3, 0.4) is 0 Å². The summed E-state index contributed by atoms with van der Waals surface area (Å²) in [5.41, 5.74) is 2.17. The molecule has 7 heteroatoms. The topological polar surface area (TPSA) is 44.8 Å². The number of nitrogens with one attached hydrogen (secondary N) is 1. The quantitative estimate of drug-likeness (QED) is 0.765. The molecule has 1 heterocycles. The Hall–Kier alpha value is -1.79. The van der Waals surface area contributed by atoms with Crippen molar-refractivity contribution in [1.82, 2.24) is 15.1 Å². The van der Waals surface area contributed by atoms with E-state index in [0.29, 0.717) is 36.3 Å². The molecule has 2 aromatic rings. The smallest absolute Gasteiger partial charge is 0.317 e. The highest BCUT2D eigenvalue weighted by atomic mass is 35.5. The monoisotopic (exact) mass is 421 g/mol. The van der Waals surface area contributed by atoms with Gasteiger partial charge in [-0.1, -0.05) is 59.6 Å². The Bertz CT molecular complexity index is 788. The van der Waals surface area contributed by atoms with Gasteiger partial charge in [-0.3, -0.25) is 4.90 Å². The van der Waals surface area contributed by atoms with Gasteiger partial charge < -0.3 is 15.0 Å². The molecule has 1 fully saturated rings. The number of rotatable bonds is 6. The molecule has 1 atom stereocenters. The Labute approximate surface area is 176 Å². The maximum absolute atomic E-state index is 12.5. The van der Waals surface area contributed by atoms with Gasteiger partial charge >= 0.3 is 6.03 Å². The Kier molecular flexibility index (Phi) is 7.57. The number of amides is 2. The molecule has 1 saturated heterocycles. The molecule has 0 bridgehead atoms. The Morgan fingerprint density at radius 3 is 2.71 bits per heavy atom. The average molecular weight is 422 g/mol. The van der Waals surface area contributed by atoms with Crippen molar-refractivity contribution in [3.63, 3.8) is 0 Å². The summed E-state index contributed by atoms with van der Waals surface area (Å²) >= 11 is 12.1. The first kappa shape index (κ1) is 20.9. The average Bonchev–Trinajstić information content (AvgIpc) is 2.70. The lowest BCUT2D eigenvalue weighted by atomic mass is 10.2. The second-order valence-electron chi connectivity index (χ2n) is 7.03. The van der Waals surface area contributed by atoms with Crippen molar-refractivity contribution in [3.05, 3.63) is 69.7 Å². The molecule has 28 heavy (non-hydrogen) atoms. The predicted molar refractivity (Wildman–Crippen MR) is 113 cm³/mol. The van der Waals surface area contributed by atoms with E-state index in [-0.39, 0.29) is 12.1 Å². The highest BCUT2D eigenvalue weighted by Crippen LogP contribution is 2.23. The highest BCUT2D eigenvalue weighted by Gasteiger charge is 2.25. The third-order valence-corrected chi connectivity index (χ3v) is 5.40. The van der Waals surface area contributed by atoms with Gasteiger partial charge in [0.05, 0.1) is 22.8 Å². The van der Waals surface area contributed by atoms with Crippen molar-refractivity contribution >= 4 is 29.2 Å². The fraction of sp³-hybridized carbons (Fsp3) is 0.381. The zero-order valence-corrected chi connectivity index (χ0v) is 17.4. The Morgan fingerprint density at radius 2 is 1.96 bits per heavy atom. The van der Waals surface area contributed by atoms with Crippen molar-refractivity contribution in [3.8, 4) is 0 Å². The molecule has 1 unspecified atom stereocenters. The van der Waals surface area contributed by atoms with E-state index in [4.69, 9.17) is 27.9 Å². The minimum Gasteiger partial charge on any atom is -0.373 e. The SMILES string of the molecule is CN(Cc1ccc(Cl)c(Cl)c1)CC1CN(C(=O)NCc2ccccc2)CCO1. The van der Waals surface area contributed by atoms with Gasteiger partial charge in [0.15, 0.2) is 0 Å². The lowest BCUT2D eigenvalue weighted by Crippen LogP contribution is -2.51. The molecule has 0 aromatic heterocycles. The number of likely N-dealkylation sites (N-methyl/N-ethyl adjacent to an activating group) is 1. The first-order chi connectivity index (χ1) is 13.5. The molecule has 0 radical (unpaired) electrons. The molecule has 2 aromatic carbocycles. The summed E-state index contributed by atoms with van der Waals surface area (Å²) in [5, 5.41) is 4.10. The molecule has 5 nitrogen and oxygen atoms in total. The largest absolute Gasteiger partial charge is 0.373 e. The van der Waals surface area contributed by atoms with Gasteiger partial charge in [-0.2, -0.15) is 0 Å².